The van der Waals surface area contributed by atoms with Crippen LogP contribution in [0.3, 0.4) is 0 Å². The van der Waals surface area contributed by atoms with Gasteiger partial charge in [-0.15, -0.1) is 0 Å². The van der Waals surface area contributed by atoms with E-state index >= 15 is 0 Å². The fourth-order valence-electron chi connectivity index (χ4n) is 6.26. The second-order valence-electron chi connectivity index (χ2n) is 11.8. The number of allylic oxidation sites excluding steroid dienone is 2. The van der Waals surface area contributed by atoms with Crippen LogP contribution in [0.15, 0.2) is 48.6 Å². The third kappa shape index (κ3) is 9.54. The predicted octanol–water partition coefficient (Wildman–Crippen LogP) is 7.14. The highest BCUT2D eigenvalue weighted by Gasteiger charge is 2.45. The molecule has 238 valence electrons. The first-order chi connectivity index (χ1) is 20.8. The van der Waals surface area contributed by atoms with E-state index in [1.807, 2.05) is 6.08 Å². The van der Waals surface area contributed by atoms with Gasteiger partial charge in [-0.25, -0.2) is 0 Å². The van der Waals surface area contributed by atoms with Crippen molar-refractivity contribution in [2.24, 2.45) is 11.8 Å². The zero-order valence-electron chi connectivity index (χ0n) is 24.6. The van der Waals surface area contributed by atoms with E-state index in [4.69, 9.17) is 28.4 Å². The molecule has 4 aliphatic rings. The van der Waals surface area contributed by atoms with Crippen LogP contribution >= 0.6 is 0 Å². The summed E-state index contributed by atoms with van der Waals surface area (Å²) in [5.41, 5.74) is -0.769. The lowest BCUT2D eigenvalue weighted by Crippen LogP contribution is -2.32. The van der Waals surface area contributed by atoms with E-state index in [0.717, 1.165) is 69.9 Å². The van der Waals surface area contributed by atoms with Crippen molar-refractivity contribution in [3.05, 3.63) is 54.1 Å². The molecular formula is C33H43F3O7. The van der Waals surface area contributed by atoms with E-state index in [9.17, 15) is 18.0 Å². The normalized spacial score (nSPS) is 31.4. The molecule has 1 aromatic carbocycles. The fourth-order valence-corrected chi connectivity index (χ4v) is 6.26. The predicted molar refractivity (Wildman–Crippen MR) is 152 cm³/mol. The first kappa shape index (κ1) is 32.0. The molecule has 0 aromatic heterocycles. The van der Waals surface area contributed by atoms with Crippen molar-refractivity contribution in [2.45, 2.75) is 108 Å². The molecule has 0 bridgehead atoms. The van der Waals surface area contributed by atoms with Gasteiger partial charge < -0.3 is 28.4 Å². The van der Waals surface area contributed by atoms with E-state index in [-0.39, 0.29) is 48.7 Å². The smallest absolute Gasteiger partial charge is 0.416 e. The molecule has 7 nitrogen and oxygen atoms in total. The molecule has 0 radical (unpaired) electrons. The van der Waals surface area contributed by atoms with Crippen LogP contribution in [0.2, 0.25) is 0 Å². The van der Waals surface area contributed by atoms with Crippen LogP contribution in [0, 0.1) is 11.8 Å². The molecule has 1 saturated carbocycles. The molecule has 3 aliphatic heterocycles. The minimum Gasteiger partial charge on any atom is -0.491 e. The molecule has 0 amide bonds. The number of alkyl halides is 3. The molecule has 2 saturated heterocycles. The Balaban J connectivity index is 1.35. The Labute approximate surface area is 251 Å². The largest absolute Gasteiger partial charge is 0.491 e. The number of carbonyl (C=O) groups excluding carboxylic acids is 1. The molecule has 43 heavy (non-hydrogen) atoms. The second kappa shape index (κ2) is 15.5. The van der Waals surface area contributed by atoms with Crippen LogP contribution in [-0.4, -0.2) is 56.7 Å². The van der Waals surface area contributed by atoms with Crippen molar-refractivity contribution in [1.82, 2.24) is 0 Å². The zero-order valence-corrected chi connectivity index (χ0v) is 24.6. The van der Waals surface area contributed by atoms with Crippen molar-refractivity contribution in [2.75, 3.05) is 19.8 Å². The molecule has 3 unspecified atom stereocenters. The van der Waals surface area contributed by atoms with Gasteiger partial charge in [-0.1, -0.05) is 30.4 Å². The third-order valence-corrected chi connectivity index (χ3v) is 8.53. The highest BCUT2D eigenvalue weighted by molar-refractivity contribution is 5.69. The maximum absolute atomic E-state index is 13.3. The molecule has 3 heterocycles. The van der Waals surface area contributed by atoms with Crippen LogP contribution in [-0.2, 0) is 34.7 Å². The van der Waals surface area contributed by atoms with E-state index in [0.29, 0.717) is 26.1 Å². The summed E-state index contributed by atoms with van der Waals surface area (Å²) in [6, 6.07) is 4.85. The summed E-state index contributed by atoms with van der Waals surface area (Å²) >= 11 is 0. The summed E-state index contributed by atoms with van der Waals surface area (Å²) in [4.78, 5) is 12.6. The number of halogens is 3. The van der Waals surface area contributed by atoms with Gasteiger partial charge in [0.1, 0.15) is 24.6 Å². The van der Waals surface area contributed by atoms with Gasteiger partial charge in [-0.2, -0.15) is 13.2 Å². The second-order valence-corrected chi connectivity index (χ2v) is 11.8. The summed E-state index contributed by atoms with van der Waals surface area (Å²) in [5, 5.41) is 0. The number of hydrogen-bond donors (Lipinski definition) is 0. The monoisotopic (exact) mass is 608 g/mol. The van der Waals surface area contributed by atoms with Crippen molar-refractivity contribution in [3.63, 3.8) is 0 Å². The fraction of sp³-hybridized carbons (Fsp3) is 0.667. The maximum Gasteiger partial charge on any atom is 0.416 e. The Morgan fingerprint density at radius 3 is 2.53 bits per heavy atom. The lowest BCUT2D eigenvalue weighted by molar-refractivity contribution is -0.193. The van der Waals surface area contributed by atoms with Gasteiger partial charge in [0.05, 0.1) is 11.7 Å². The quantitative estimate of drug-likeness (QED) is 0.218. The molecule has 0 N–H and O–H groups in total. The summed E-state index contributed by atoms with van der Waals surface area (Å²) in [6.45, 7) is 1.26. The molecule has 5 rings (SSSR count). The SMILES string of the molecule is O=C1CCCC=CC[C@H]2C(C[C@@H](OC3CCCCO3)[C@@H]2/C=C/[C@H](COc2cccc(C(F)(F)F)c2)OC2CCCCO2)O1. The van der Waals surface area contributed by atoms with Gasteiger partial charge in [0.2, 0.25) is 0 Å². The number of esters is 1. The number of benzene rings is 1. The summed E-state index contributed by atoms with van der Waals surface area (Å²) in [6.07, 6.45) is 10.7. The van der Waals surface area contributed by atoms with Crippen LogP contribution in [0.5, 0.6) is 5.75 Å². The standard InChI is InChI=1S/C33H43F3O7/c34-33(35,36)23-10-9-11-24(20-23)40-22-25(41-31-14-5-7-18-38-31)16-17-27-26-12-3-1-2-4-13-30(37)42-28(26)21-29(27)43-32-15-6-8-19-39-32/h1,3,9-11,16-17,20,25-29,31-32H,2,4-8,12-15,18-19,21-22H2/b3-1?,17-16+/t25-,26-,27-,28?,29-,31?,32?/m1/s1. The van der Waals surface area contributed by atoms with Crippen molar-refractivity contribution in [3.8, 4) is 5.75 Å². The van der Waals surface area contributed by atoms with Crippen molar-refractivity contribution < 1.29 is 46.4 Å². The number of hydrogen-bond acceptors (Lipinski definition) is 7. The van der Waals surface area contributed by atoms with Crippen LogP contribution in [0.4, 0.5) is 13.2 Å². The summed E-state index contributed by atoms with van der Waals surface area (Å²) < 4.78 is 76.1. The van der Waals surface area contributed by atoms with E-state index in [1.165, 1.54) is 12.1 Å². The number of carbonyl (C=O) groups is 1. The number of rotatable bonds is 9. The van der Waals surface area contributed by atoms with Gasteiger partial charge in [-0.3, -0.25) is 4.79 Å². The Hall–Kier alpha value is -2.40. The average molecular weight is 609 g/mol. The molecule has 1 aromatic rings. The summed E-state index contributed by atoms with van der Waals surface area (Å²) in [7, 11) is 0. The number of fused-ring (bicyclic) bond motifs is 1. The third-order valence-electron chi connectivity index (χ3n) is 8.53. The van der Waals surface area contributed by atoms with Crippen LogP contribution in [0.25, 0.3) is 0 Å². The maximum atomic E-state index is 13.3. The molecule has 1 aliphatic carbocycles. The lowest BCUT2D eigenvalue weighted by Gasteiger charge is -2.30. The van der Waals surface area contributed by atoms with Crippen molar-refractivity contribution >= 4 is 5.97 Å². The molecule has 0 spiro atoms. The van der Waals surface area contributed by atoms with Gasteiger partial charge >= 0.3 is 12.1 Å². The number of ether oxygens (including phenoxy) is 6. The highest BCUT2D eigenvalue weighted by Crippen LogP contribution is 2.42. The Bertz CT molecular complexity index is 1080. The minimum absolute atomic E-state index is 0.000827. The van der Waals surface area contributed by atoms with Crippen LogP contribution < -0.4 is 4.74 Å². The van der Waals surface area contributed by atoms with Gasteiger partial charge in [0, 0.05) is 37.9 Å². The van der Waals surface area contributed by atoms with Crippen molar-refractivity contribution in [1.29, 1.82) is 0 Å². The lowest BCUT2D eigenvalue weighted by atomic mass is 9.89. The molecule has 3 fully saturated rings. The Kier molecular flexibility index (Phi) is 11.6. The van der Waals surface area contributed by atoms with E-state index in [2.05, 4.69) is 18.2 Å². The first-order valence-electron chi connectivity index (χ1n) is 15.7. The van der Waals surface area contributed by atoms with E-state index < -0.39 is 24.1 Å². The topological polar surface area (TPSA) is 72.5 Å². The minimum atomic E-state index is -4.46. The highest BCUT2D eigenvalue weighted by atomic mass is 19.4. The van der Waals surface area contributed by atoms with Gasteiger partial charge in [0.25, 0.3) is 0 Å². The average Bonchev–Trinajstić information content (AvgIpc) is 3.32. The molecule has 7 atom stereocenters. The Morgan fingerprint density at radius 1 is 1.00 bits per heavy atom. The molecular weight excluding hydrogens is 565 g/mol. The van der Waals surface area contributed by atoms with Crippen LogP contribution in [0.1, 0.15) is 76.2 Å². The van der Waals surface area contributed by atoms with Gasteiger partial charge in [-0.05, 0) is 76.0 Å². The zero-order chi connectivity index (χ0) is 30.1. The molecule has 10 heteroatoms. The van der Waals surface area contributed by atoms with Gasteiger partial charge in [0.15, 0.2) is 12.6 Å². The Morgan fingerprint density at radius 2 is 1.79 bits per heavy atom. The van der Waals surface area contributed by atoms with E-state index in [1.54, 1.807) is 0 Å². The summed E-state index contributed by atoms with van der Waals surface area (Å²) in [5.74, 6) is -0.173. The first-order valence-corrected chi connectivity index (χ1v) is 15.7.